The summed E-state index contributed by atoms with van der Waals surface area (Å²) < 4.78 is 0. The zero-order valence-corrected chi connectivity index (χ0v) is 17.9. The van der Waals surface area contributed by atoms with Crippen LogP contribution in [-0.2, 0) is 10.4 Å². The molecule has 158 valence electrons. The van der Waals surface area contributed by atoms with Crippen molar-refractivity contribution >= 4 is 5.91 Å². The minimum atomic E-state index is -1.03. The summed E-state index contributed by atoms with van der Waals surface area (Å²) in [5.74, 6) is 1.13. The van der Waals surface area contributed by atoms with Crippen LogP contribution in [0.1, 0.15) is 51.0 Å². The highest BCUT2D eigenvalue weighted by atomic mass is 16.3. The van der Waals surface area contributed by atoms with E-state index in [1.807, 2.05) is 42.5 Å². The van der Waals surface area contributed by atoms with Gasteiger partial charge in [0.15, 0.2) is 0 Å². The average Bonchev–Trinajstić information content (AvgIpc) is 3.20. The first-order valence-electron chi connectivity index (χ1n) is 10.8. The molecule has 2 aliphatic carbocycles. The number of hydrogen-bond donors (Lipinski definition) is 2. The predicted molar refractivity (Wildman–Crippen MR) is 116 cm³/mol. The van der Waals surface area contributed by atoms with Crippen LogP contribution in [-0.4, -0.2) is 41.2 Å². The van der Waals surface area contributed by atoms with E-state index in [0.29, 0.717) is 18.3 Å². The number of aliphatic hydroxyl groups is 2. The van der Waals surface area contributed by atoms with E-state index in [1.165, 1.54) is 5.57 Å². The molecule has 2 aliphatic rings. The van der Waals surface area contributed by atoms with E-state index in [1.54, 1.807) is 25.9 Å². The Balaban J connectivity index is 1.54. The normalized spacial score (nSPS) is 28.2. The zero-order chi connectivity index (χ0) is 21.0. The molecule has 0 spiro atoms. The largest absolute Gasteiger partial charge is 0.392 e. The Morgan fingerprint density at radius 2 is 1.97 bits per heavy atom. The molecule has 1 aromatic carbocycles. The minimum absolute atomic E-state index is 0.0826. The number of unbranched alkanes of at least 4 members (excludes halogenated alkanes) is 1. The molecule has 1 fully saturated rings. The predicted octanol–water partition coefficient (Wildman–Crippen LogP) is 4.04. The lowest BCUT2D eigenvalue weighted by molar-refractivity contribution is -0.128. The van der Waals surface area contributed by atoms with Crippen LogP contribution < -0.4 is 0 Å². The fourth-order valence-electron chi connectivity index (χ4n) is 4.81. The van der Waals surface area contributed by atoms with Gasteiger partial charge in [-0.1, -0.05) is 54.1 Å². The van der Waals surface area contributed by atoms with Crippen LogP contribution in [0.3, 0.4) is 0 Å². The number of fused-ring (bicyclic) bond motifs is 1. The number of hydrogen-bond acceptors (Lipinski definition) is 3. The second kappa shape index (κ2) is 9.27. The first-order chi connectivity index (χ1) is 13.8. The number of aliphatic hydroxyl groups excluding tert-OH is 1. The smallest absolute Gasteiger partial charge is 0.222 e. The van der Waals surface area contributed by atoms with Crippen LogP contribution in [0, 0.1) is 17.8 Å². The molecule has 3 rings (SSSR count). The van der Waals surface area contributed by atoms with Gasteiger partial charge in [0.25, 0.3) is 0 Å². The van der Waals surface area contributed by atoms with Crippen molar-refractivity contribution in [2.24, 2.45) is 17.8 Å². The highest BCUT2D eigenvalue weighted by Gasteiger charge is 2.43. The second-order valence-electron chi connectivity index (χ2n) is 9.11. The molecule has 0 heterocycles. The monoisotopic (exact) mass is 397 g/mol. The minimum Gasteiger partial charge on any atom is -0.392 e. The fourth-order valence-corrected chi connectivity index (χ4v) is 4.81. The average molecular weight is 398 g/mol. The number of carbonyl (C=O) groups excluding carboxylic acids is 1. The molecule has 0 saturated heterocycles. The molecule has 1 saturated carbocycles. The highest BCUT2D eigenvalue weighted by molar-refractivity contribution is 5.75. The second-order valence-corrected chi connectivity index (χ2v) is 9.11. The van der Waals surface area contributed by atoms with Gasteiger partial charge in [0, 0.05) is 26.4 Å². The van der Waals surface area contributed by atoms with Gasteiger partial charge >= 0.3 is 0 Å². The van der Waals surface area contributed by atoms with E-state index in [-0.39, 0.29) is 17.9 Å². The summed E-state index contributed by atoms with van der Waals surface area (Å²) >= 11 is 0. The number of nitrogens with zero attached hydrogens (tertiary/aromatic N) is 1. The molecule has 4 nitrogen and oxygen atoms in total. The number of carbonyl (C=O) groups is 1. The summed E-state index contributed by atoms with van der Waals surface area (Å²) in [6, 6.07) is 9.65. The van der Waals surface area contributed by atoms with Gasteiger partial charge < -0.3 is 15.1 Å². The SMILES string of the molecule is CN(C)C(=O)CCCCC1=C[C@H]2C[C@@H](O)[C@H](C=C[C@@](C)(O)c3ccccc3)[C@H]2C1. The number of amides is 1. The molecule has 1 amide bonds. The zero-order valence-electron chi connectivity index (χ0n) is 17.9. The molecule has 4 heteroatoms. The van der Waals surface area contributed by atoms with Crippen LogP contribution in [0.5, 0.6) is 0 Å². The van der Waals surface area contributed by atoms with E-state index in [0.717, 1.165) is 37.7 Å². The number of rotatable bonds is 8. The number of benzene rings is 1. The summed E-state index contributed by atoms with van der Waals surface area (Å²) in [5, 5.41) is 21.4. The van der Waals surface area contributed by atoms with E-state index >= 15 is 0 Å². The van der Waals surface area contributed by atoms with Crippen molar-refractivity contribution in [3.05, 3.63) is 59.7 Å². The lowest BCUT2D eigenvalue weighted by Crippen LogP contribution is -2.21. The van der Waals surface area contributed by atoms with Crippen molar-refractivity contribution < 1.29 is 15.0 Å². The van der Waals surface area contributed by atoms with Crippen molar-refractivity contribution in [1.82, 2.24) is 4.90 Å². The molecule has 2 N–H and O–H groups in total. The van der Waals surface area contributed by atoms with Gasteiger partial charge in [-0.05, 0) is 56.4 Å². The maximum Gasteiger partial charge on any atom is 0.222 e. The fraction of sp³-hybridized carbons (Fsp3) is 0.560. The Bertz CT molecular complexity index is 751. The highest BCUT2D eigenvalue weighted by Crippen LogP contribution is 2.48. The lowest BCUT2D eigenvalue weighted by atomic mass is 9.86. The molecule has 0 aromatic heterocycles. The third-order valence-electron chi connectivity index (χ3n) is 6.59. The molecule has 0 aliphatic heterocycles. The third-order valence-corrected chi connectivity index (χ3v) is 6.59. The summed E-state index contributed by atoms with van der Waals surface area (Å²) in [7, 11) is 3.61. The van der Waals surface area contributed by atoms with Crippen LogP contribution in [0.4, 0.5) is 0 Å². The quantitative estimate of drug-likeness (QED) is 0.514. The summed E-state index contributed by atoms with van der Waals surface area (Å²) in [4.78, 5) is 13.3. The van der Waals surface area contributed by atoms with Gasteiger partial charge in [0.2, 0.25) is 5.91 Å². The van der Waals surface area contributed by atoms with Crippen molar-refractivity contribution in [3.8, 4) is 0 Å². The van der Waals surface area contributed by atoms with Crippen LogP contribution in [0.25, 0.3) is 0 Å². The molecule has 1 aromatic rings. The molecule has 0 bridgehead atoms. The molecule has 29 heavy (non-hydrogen) atoms. The van der Waals surface area contributed by atoms with Crippen LogP contribution in [0.15, 0.2) is 54.1 Å². The maximum atomic E-state index is 11.7. The van der Waals surface area contributed by atoms with Crippen LogP contribution in [0.2, 0.25) is 0 Å². The van der Waals surface area contributed by atoms with Gasteiger partial charge in [0.1, 0.15) is 5.60 Å². The topological polar surface area (TPSA) is 60.8 Å². The van der Waals surface area contributed by atoms with Gasteiger partial charge in [-0.25, -0.2) is 0 Å². The van der Waals surface area contributed by atoms with Crippen molar-refractivity contribution in [3.63, 3.8) is 0 Å². The summed E-state index contributed by atoms with van der Waals surface area (Å²) in [6.07, 6.45) is 11.4. The first kappa shape index (κ1) is 21.8. The van der Waals surface area contributed by atoms with Gasteiger partial charge in [-0.2, -0.15) is 0 Å². The summed E-state index contributed by atoms with van der Waals surface area (Å²) in [5.41, 5.74) is 1.29. The van der Waals surface area contributed by atoms with E-state index in [4.69, 9.17) is 0 Å². The van der Waals surface area contributed by atoms with Gasteiger partial charge in [0.05, 0.1) is 6.10 Å². The van der Waals surface area contributed by atoms with Crippen molar-refractivity contribution in [1.29, 1.82) is 0 Å². The van der Waals surface area contributed by atoms with Crippen molar-refractivity contribution in [2.45, 2.75) is 57.2 Å². The summed E-state index contributed by atoms with van der Waals surface area (Å²) in [6.45, 7) is 1.80. The third kappa shape index (κ3) is 5.37. The van der Waals surface area contributed by atoms with Gasteiger partial charge in [-0.3, -0.25) is 4.79 Å². The van der Waals surface area contributed by atoms with Crippen molar-refractivity contribution in [2.75, 3.05) is 14.1 Å². The molecule has 5 atom stereocenters. The first-order valence-corrected chi connectivity index (χ1v) is 10.8. The Kier molecular flexibility index (Phi) is 6.97. The Morgan fingerprint density at radius 3 is 2.66 bits per heavy atom. The standard InChI is InChI=1S/C25H35NO3/c1-25(29,20-10-5-4-6-11-20)14-13-21-22-16-18(15-19(22)17-23(21)27)9-7-8-12-24(28)26(2)3/h4-6,10-11,13-15,19,21-23,27,29H,7-9,12,16-17H2,1-3H3/t19-,21+,22-,23+,25+/m0/s1. The molecular weight excluding hydrogens is 362 g/mol. The molecular formula is C25H35NO3. The van der Waals surface area contributed by atoms with E-state index < -0.39 is 5.60 Å². The molecule has 0 unspecified atom stereocenters. The Labute approximate surface area is 174 Å². The van der Waals surface area contributed by atoms with Crippen LogP contribution >= 0.6 is 0 Å². The van der Waals surface area contributed by atoms with E-state index in [2.05, 4.69) is 6.08 Å². The maximum absolute atomic E-state index is 11.7. The Morgan fingerprint density at radius 1 is 1.24 bits per heavy atom. The molecule has 0 radical (unpaired) electrons. The van der Waals surface area contributed by atoms with Gasteiger partial charge in [-0.15, -0.1) is 0 Å². The van der Waals surface area contributed by atoms with E-state index in [9.17, 15) is 15.0 Å². The lowest BCUT2D eigenvalue weighted by Gasteiger charge is -2.23. The Hall–Kier alpha value is -1.91. The number of allylic oxidation sites excluding steroid dienone is 2.